The number of carbonyl (C=O) groups excluding carboxylic acids is 2. The molecule has 0 aromatic carbocycles. The van der Waals surface area contributed by atoms with Crippen LogP contribution in [0.1, 0.15) is 32.1 Å². The van der Waals surface area contributed by atoms with Gasteiger partial charge in [0.25, 0.3) is 0 Å². The van der Waals surface area contributed by atoms with E-state index in [2.05, 4.69) is 10.6 Å². The van der Waals surface area contributed by atoms with Gasteiger partial charge >= 0.3 is 0 Å². The first kappa shape index (κ1) is 12.4. The molecule has 2 rings (SSSR count). The van der Waals surface area contributed by atoms with Crippen LogP contribution in [-0.2, 0) is 9.59 Å². The number of likely N-dealkylation sites (tertiary alicyclic amines) is 1. The lowest BCUT2D eigenvalue weighted by atomic mass is 10.0. The highest BCUT2D eigenvalue weighted by Crippen LogP contribution is 2.08. The summed E-state index contributed by atoms with van der Waals surface area (Å²) >= 11 is 0. The van der Waals surface area contributed by atoms with Gasteiger partial charge in [-0.25, -0.2) is 0 Å². The Bertz CT molecular complexity index is 281. The van der Waals surface area contributed by atoms with Crippen molar-refractivity contribution in [3.05, 3.63) is 0 Å². The van der Waals surface area contributed by atoms with Crippen LogP contribution >= 0.6 is 0 Å². The van der Waals surface area contributed by atoms with Gasteiger partial charge in [-0.05, 0) is 32.2 Å². The molecule has 5 nitrogen and oxygen atoms in total. The zero-order valence-electron chi connectivity index (χ0n) is 10.2. The fourth-order valence-electron chi connectivity index (χ4n) is 2.44. The minimum absolute atomic E-state index is 0.0303. The van der Waals surface area contributed by atoms with Crippen LogP contribution in [0.15, 0.2) is 0 Å². The Hall–Kier alpha value is -1.10. The van der Waals surface area contributed by atoms with E-state index in [0.29, 0.717) is 0 Å². The van der Waals surface area contributed by atoms with Gasteiger partial charge < -0.3 is 15.5 Å². The van der Waals surface area contributed by atoms with Crippen molar-refractivity contribution in [3.8, 4) is 0 Å². The molecule has 5 heteroatoms. The van der Waals surface area contributed by atoms with Gasteiger partial charge in [0.15, 0.2) is 0 Å². The van der Waals surface area contributed by atoms with Crippen LogP contribution in [0, 0.1) is 0 Å². The maximum Gasteiger partial charge on any atom is 0.241 e. The average molecular weight is 239 g/mol. The molecule has 2 fully saturated rings. The molecule has 2 saturated heterocycles. The number of nitrogens with zero attached hydrogens (tertiary/aromatic N) is 1. The van der Waals surface area contributed by atoms with E-state index in [1.807, 2.05) is 4.90 Å². The van der Waals surface area contributed by atoms with E-state index in [0.717, 1.165) is 51.7 Å². The highest BCUT2D eigenvalue weighted by Gasteiger charge is 2.22. The summed E-state index contributed by atoms with van der Waals surface area (Å²) in [7, 11) is 0. The number of piperidine rings is 1. The van der Waals surface area contributed by atoms with E-state index in [9.17, 15) is 9.59 Å². The summed E-state index contributed by atoms with van der Waals surface area (Å²) in [6.45, 7) is 2.74. The van der Waals surface area contributed by atoms with E-state index in [-0.39, 0.29) is 24.4 Å². The molecule has 0 aliphatic carbocycles. The SMILES string of the molecule is O=C(NCC(=O)N1CCCC1)[C@H]1CCCCN1. The Morgan fingerprint density at radius 2 is 1.94 bits per heavy atom. The third kappa shape index (κ3) is 3.43. The molecule has 0 unspecified atom stereocenters. The van der Waals surface area contributed by atoms with Crippen molar-refractivity contribution in [1.82, 2.24) is 15.5 Å². The smallest absolute Gasteiger partial charge is 0.241 e. The Morgan fingerprint density at radius 3 is 2.59 bits per heavy atom. The summed E-state index contributed by atoms with van der Waals surface area (Å²) in [6.07, 6.45) is 5.28. The van der Waals surface area contributed by atoms with Crippen LogP contribution in [0.4, 0.5) is 0 Å². The second kappa shape index (κ2) is 6.00. The van der Waals surface area contributed by atoms with E-state index in [4.69, 9.17) is 0 Å². The molecule has 0 spiro atoms. The van der Waals surface area contributed by atoms with E-state index in [1.165, 1.54) is 0 Å². The molecule has 0 bridgehead atoms. The highest BCUT2D eigenvalue weighted by atomic mass is 16.2. The van der Waals surface area contributed by atoms with Gasteiger partial charge in [0.2, 0.25) is 11.8 Å². The Kier molecular flexibility index (Phi) is 4.36. The number of rotatable bonds is 3. The van der Waals surface area contributed by atoms with Crippen molar-refractivity contribution in [2.45, 2.75) is 38.1 Å². The van der Waals surface area contributed by atoms with Crippen molar-refractivity contribution >= 4 is 11.8 Å². The van der Waals surface area contributed by atoms with Crippen molar-refractivity contribution in [3.63, 3.8) is 0 Å². The molecule has 96 valence electrons. The topological polar surface area (TPSA) is 61.4 Å². The molecule has 0 aromatic rings. The predicted octanol–water partition coefficient (Wildman–Crippen LogP) is -0.133. The molecular formula is C12H21N3O2. The van der Waals surface area contributed by atoms with Gasteiger partial charge in [-0.1, -0.05) is 6.42 Å². The van der Waals surface area contributed by atoms with Crippen molar-refractivity contribution in [1.29, 1.82) is 0 Å². The standard InChI is InChI=1S/C12H21N3O2/c16-11(15-7-3-4-8-15)9-14-12(17)10-5-1-2-6-13-10/h10,13H,1-9H2,(H,14,17)/t10-/m1/s1. The molecule has 0 saturated carbocycles. The second-order valence-corrected chi connectivity index (χ2v) is 4.81. The quantitative estimate of drug-likeness (QED) is 0.721. The molecule has 0 radical (unpaired) electrons. The summed E-state index contributed by atoms with van der Waals surface area (Å²) in [6, 6.07) is -0.102. The van der Waals surface area contributed by atoms with Crippen LogP contribution in [0.25, 0.3) is 0 Å². The van der Waals surface area contributed by atoms with Crippen LogP contribution in [-0.4, -0.2) is 48.9 Å². The van der Waals surface area contributed by atoms with Crippen LogP contribution < -0.4 is 10.6 Å². The van der Waals surface area contributed by atoms with Crippen LogP contribution in [0.2, 0.25) is 0 Å². The zero-order valence-corrected chi connectivity index (χ0v) is 10.2. The van der Waals surface area contributed by atoms with E-state index >= 15 is 0 Å². The maximum atomic E-state index is 11.8. The van der Waals surface area contributed by atoms with Gasteiger partial charge in [-0.3, -0.25) is 9.59 Å². The number of nitrogens with one attached hydrogen (secondary N) is 2. The van der Waals surface area contributed by atoms with Crippen molar-refractivity contribution in [2.24, 2.45) is 0 Å². The summed E-state index contributed by atoms with van der Waals surface area (Å²) in [5.41, 5.74) is 0. The summed E-state index contributed by atoms with van der Waals surface area (Å²) in [4.78, 5) is 25.3. The Labute approximate surface area is 102 Å². The lowest BCUT2D eigenvalue weighted by Gasteiger charge is -2.23. The second-order valence-electron chi connectivity index (χ2n) is 4.81. The number of amides is 2. The average Bonchev–Trinajstić information content (AvgIpc) is 2.90. The van der Waals surface area contributed by atoms with E-state index in [1.54, 1.807) is 0 Å². The van der Waals surface area contributed by atoms with Gasteiger partial charge in [0.05, 0.1) is 12.6 Å². The predicted molar refractivity (Wildman–Crippen MR) is 64.5 cm³/mol. The largest absolute Gasteiger partial charge is 0.346 e. The fraction of sp³-hybridized carbons (Fsp3) is 0.833. The number of hydrogen-bond donors (Lipinski definition) is 2. The fourth-order valence-corrected chi connectivity index (χ4v) is 2.44. The minimum Gasteiger partial charge on any atom is -0.346 e. The van der Waals surface area contributed by atoms with Crippen molar-refractivity contribution < 1.29 is 9.59 Å². The Morgan fingerprint density at radius 1 is 1.18 bits per heavy atom. The summed E-state index contributed by atoms with van der Waals surface area (Å²) < 4.78 is 0. The Balaban J connectivity index is 1.69. The first-order chi connectivity index (χ1) is 8.27. The third-order valence-corrected chi connectivity index (χ3v) is 3.50. The van der Waals surface area contributed by atoms with Crippen LogP contribution in [0.3, 0.4) is 0 Å². The highest BCUT2D eigenvalue weighted by molar-refractivity contribution is 5.87. The molecule has 2 amide bonds. The number of carbonyl (C=O) groups is 2. The summed E-state index contributed by atoms with van der Waals surface area (Å²) in [5, 5.41) is 5.91. The molecule has 2 aliphatic heterocycles. The van der Waals surface area contributed by atoms with E-state index < -0.39 is 0 Å². The molecule has 1 atom stereocenters. The first-order valence-electron chi connectivity index (χ1n) is 6.56. The van der Waals surface area contributed by atoms with Crippen LogP contribution in [0.5, 0.6) is 0 Å². The molecule has 2 aliphatic rings. The third-order valence-electron chi connectivity index (χ3n) is 3.50. The minimum atomic E-state index is -0.102. The molecule has 17 heavy (non-hydrogen) atoms. The number of hydrogen-bond acceptors (Lipinski definition) is 3. The van der Waals surface area contributed by atoms with Gasteiger partial charge in [-0.15, -0.1) is 0 Å². The molecule has 0 aromatic heterocycles. The first-order valence-corrected chi connectivity index (χ1v) is 6.56. The zero-order chi connectivity index (χ0) is 12.1. The van der Waals surface area contributed by atoms with Crippen molar-refractivity contribution in [2.75, 3.05) is 26.2 Å². The molecule has 2 heterocycles. The molecule has 2 N–H and O–H groups in total. The van der Waals surface area contributed by atoms with Gasteiger partial charge in [0.1, 0.15) is 0 Å². The summed E-state index contributed by atoms with van der Waals surface area (Å²) in [5.74, 6) is 0.0175. The lowest BCUT2D eigenvalue weighted by Crippen LogP contribution is -2.49. The lowest BCUT2D eigenvalue weighted by molar-refractivity contribution is -0.132. The maximum absolute atomic E-state index is 11.8. The monoisotopic (exact) mass is 239 g/mol. The van der Waals surface area contributed by atoms with Gasteiger partial charge in [-0.2, -0.15) is 0 Å². The van der Waals surface area contributed by atoms with Gasteiger partial charge in [0, 0.05) is 13.1 Å². The normalized spacial score (nSPS) is 24.7. The molecular weight excluding hydrogens is 218 g/mol.